The lowest BCUT2D eigenvalue weighted by atomic mass is 9.42. The number of ether oxygens (including phenoxy) is 1. The zero-order chi connectivity index (χ0) is 21.8. The monoisotopic (exact) mass is 420 g/mol. The molecule has 30 heavy (non-hydrogen) atoms. The molecule has 0 aliphatic heterocycles. The zero-order valence-electron chi connectivity index (χ0n) is 19.8. The second-order valence-corrected chi connectivity index (χ2v) is 12.0. The SMILES string of the molecule is COC(=O)CCC(C)[C@H]1CCC2C3C(C)CC4CC(O)CC[C@]4(C)C3CC(O)[C@@]21C. The molecule has 11 atom stereocenters. The van der Waals surface area contributed by atoms with Crippen molar-refractivity contribution in [2.75, 3.05) is 7.11 Å². The highest BCUT2D eigenvalue weighted by Gasteiger charge is 2.65. The first-order valence-corrected chi connectivity index (χ1v) is 12.6. The van der Waals surface area contributed by atoms with Crippen molar-refractivity contribution in [3.05, 3.63) is 0 Å². The molecule has 172 valence electrons. The number of methoxy groups -OCH3 is 1. The molecule has 0 aromatic rings. The first kappa shape index (κ1) is 22.6. The first-order chi connectivity index (χ1) is 14.1. The molecule has 4 aliphatic carbocycles. The van der Waals surface area contributed by atoms with Crippen LogP contribution in [0.2, 0.25) is 0 Å². The smallest absolute Gasteiger partial charge is 0.305 e. The highest BCUT2D eigenvalue weighted by atomic mass is 16.5. The minimum Gasteiger partial charge on any atom is -0.469 e. The predicted molar refractivity (Wildman–Crippen MR) is 118 cm³/mol. The lowest BCUT2D eigenvalue weighted by Crippen LogP contribution is -2.60. The molecule has 0 aromatic heterocycles. The van der Waals surface area contributed by atoms with Crippen LogP contribution in [0.25, 0.3) is 0 Å². The van der Waals surface area contributed by atoms with E-state index in [4.69, 9.17) is 4.74 Å². The number of carbonyl (C=O) groups excluding carboxylic acids is 1. The summed E-state index contributed by atoms with van der Waals surface area (Å²) in [6.07, 6.45) is 8.50. The summed E-state index contributed by atoms with van der Waals surface area (Å²) in [6, 6.07) is 0. The summed E-state index contributed by atoms with van der Waals surface area (Å²) >= 11 is 0. The van der Waals surface area contributed by atoms with Gasteiger partial charge in [0.05, 0.1) is 19.3 Å². The average molecular weight is 421 g/mol. The molecule has 2 N–H and O–H groups in total. The molecule has 4 fully saturated rings. The number of aliphatic hydroxyl groups excluding tert-OH is 2. The van der Waals surface area contributed by atoms with Gasteiger partial charge in [0.15, 0.2) is 0 Å². The van der Waals surface area contributed by atoms with E-state index < -0.39 is 0 Å². The number of hydrogen-bond donors (Lipinski definition) is 2. The van der Waals surface area contributed by atoms with Gasteiger partial charge in [0, 0.05) is 6.42 Å². The van der Waals surface area contributed by atoms with Gasteiger partial charge in [0.25, 0.3) is 0 Å². The van der Waals surface area contributed by atoms with E-state index in [0.717, 1.165) is 32.1 Å². The van der Waals surface area contributed by atoms with E-state index >= 15 is 0 Å². The number of carbonyl (C=O) groups is 1. The van der Waals surface area contributed by atoms with Crippen molar-refractivity contribution in [2.24, 2.45) is 52.3 Å². The van der Waals surface area contributed by atoms with Gasteiger partial charge >= 0.3 is 5.97 Å². The van der Waals surface area contributed by atoms with Crippen LogP contribution < -0.4 is 0 Å². The van der Waals surface area contributed by atoms with Crippen molar-refractivity contribution in [1.82, 2.24) is 0 Å². The summed E-state index contributed by atoms with van der Waals surface area (Å²) < 4.78 is 4.86. The Labute approximate surface area is 183 Å². The van der Waals surface area contributed by atoms with Gasteiger partial charge in [-0.25, -0.2) is 0 Å². The van der Waals surface area contributed by atoms with Crippen LogP contribution in [0, 0.1) is 52.3 Å². The summed E-state index contributed by atoms with van der Waals surface area (Å²) in [5.74, 6) is 3.90. The molecule has 0 heterocycles. The second-order valence-electron chi connectivity index (χ2n) is 12.0. The molecule has 0 spiro atoms. The summed E-state index contributed by atoms with van der Waals surface area (Å²) in [7, 11) is 1.47. The van der Waals surface area contributed by atoms with Crippen LogP contribution in [0.1, 0.15) is 85.5 Å². The van der Waals surface area contributed by atoms with Crippen molar-refractivity contribution in [2.45, 2.75) is 97.7 Å². The van der Waals surface area contributed by atoms with Crippen molar-refractivity contribution < 1.29 is 19.7 Å². The Morgan fingerprint density at radius 1 is 1.10 bits per heavy atom. The second kappa shape index (κ2) is 8.06. The third-order valence-corrected chi connectivity index (χ3v) is 10.9. The maximum atomic E-state index is 11.7. The summed E-state index contributed by atoms with van der Waals surface area (Å²) in [6.45, 7) is 9.58. The fraction of sp³-hybridized carbons (Fsp3) is 0.962. The van der Waals surface area contributed by atoms with E-state index in [1.807, 2.05) is 0 Å². The number of rotatable bonds is 4. The molecule has 4 heteroatoms. The third-order valence-electron chi connectivity index (χ3n) is 10.9. The van der Waals surface area contributed by atoms with Gasteiger partial charge in [-0.3, -0.25) is 4.79 Å². The molecule has 4 aliphatic rings. The molecule has 4 saturated carbocycles. The molecule has 0 aromatic carbocycles. The Hall–Kier alpha value is -0.610. The third kappa shape index (κ3) is 3.36. The van der Waals surface area contributed by atoms with E-state index in [2.05, 4.69) is 27.7 Å². The van der Waals surface area contributed by atoms with Crippen LogP contribution in [0.3, 0.4) is 0 Å². The molecule has 4 rings (SSSR count). The van der Waals surface area contributed by atoms with Crippen LogP contribution in [-0.2, 0) is 9.53 Å². The van der Waals surface area contributed by atoms with Crippen molar-refractivity contribution >= 4 is 5.97 Å². The van der Waals surface area contributed by atoms with Gasteiger partial charge in [-0.15, -0.1) is 0 Å². The molecule has 4 nitrogen and oxygen atoms in total. The molecule has 0 bridgehead atoms. The summed E-state index contributed by atoms with van der Waals surface area (Å²) in [4.78, 5) is 11.7. The summed E-state index contributed by atoms with van der Waals surface area (Å²) in [5.41, 5.74) is 0.232. The topological polar surface area (TPSA) is 66.8 Å². The van der Waals surface area contributed by atoms with Crippen LogP contribution in [0.15, 0.2) is 0 Å². The molecule has 0 saturated heterocycles. The van der Waals surface area contributed by atoms with Crippen molar-refractivity contribution in [3.63, 3.8) is 0 Å². The van der Waals surface area contributed by atoms with Crippen LogP contribution in [0.4, 0.5) is 0 Å². The van der Waals surface area contributed by atoms with Gasteiger partial charge in [0.2, 0.25) is 0 Å². The molecular formula is C26H44O4. The molecule has 0 radical (unpaired) electrons. The maximum absolute atomic E-state index is 11.7. The van der Waals surface area contributed by atoms with Gasteiger partial charge in [0.1, 0.15) is 0 Å². The Balaban J connectivity index is 1.58. The number of fused-ring (bicyclic) bond motifs is 5. The van der Waals surface area contributed by atoms with Crippen LogP contribution in [0.5, 0.6) is 0 Å². The predicted octanol–water partition coefficient (Wildman–Crippen LogP) is 4.81. The van der Waals surface area contributed by atoms with E-state index in [1.54, 1.807) is 0 Å². The van der Waals surface area contributed by atoms with E-state index in [0.29, 0.717) is 47.8 Å². The fourth-order valence-corrected chi connectivity index (χ4v) is 9.19. The molecule has 8 unspecified atom stereocenters. The van der Waals surface area contributed by atoms with Crippen molar-refractivity contribution in [1.29, 1.82) is 0 Å². The van der Waals surface area contributed by atoms with Crippen LogP contribution in [-0.4, -0.2) is 35.5 Å². The molecular weight excluding hydrogens is 376 g/mol. The Bertz CT molecular complexity index is 649. The maximum Gasteiger partial charge on any atom is 0.305 e. The Morgan fingerprint density at radius 2 is 1.83 bits per heavy atom. The van der Waals surface area contributed by atoms with Crippen molar-refractivity contribution in [3.8, 4) is 0 Å². The van der Waals surface area contributed by atoms with E-state index in [-0.39, 0.29) is 29.0 Å². The summed E-state index contributed by atoms with van der Waals surface area (Å²) in [5, 5.41) is 21.9. The lowest BCUT2D eigenvalue weighted by molar-refractivity contribution is -0.190. The normalized spacial score (nSPS) is 51.4. The van der Waals surface area contributed by atoms with E-state index in [9.17, 15) is 15.0 Å². The number of hydrogen-bond acceptors (Lipinski definition) is 4. The van der Waals surface area contributed by atoms with Gasteiger partial charge < -0.3 is 14.9 Å². The Kier molecular flexibility index (Phi) is 6.07. The lowest BCUT2D eigenvalue weighted by Gasteiger charge is -2.64. The van der Waals surface area contributed by atoms with Gasteiger partial charge in [-0.1, -0.05) is 27.7 Å². The van der Waals surface area contributed by atoms with E-state index in [1.165, 1.54) is 26.4 Å². The Morgan fingerprint density at radius 3 is 2.53 bits per heavy atom. The highest BCUT2D eigenvalue weighted by Crippen LogP contribution is 2.69. The fourth-order valence-electron chi connectivity index (χ4n) is 9.19. The largest absolute Gasteiger partial charge is 0.469 e. The minimum absolute atomic E-state index is 0.0393. The highest BCUT2D eigenvalue weighted by molar-refractivity contribution is 5.69. The van der Waals surface area contributed by atoms with Gasteiger partial charge in [-0.2, -0.15) is 0 Å². The zero-order valence-corrected chi connectivity index (χ0v) is 19.8. The first-order valence-electron chi connectivity index (χ1n) is 12.6. The minimum atomic E-state index is -0.258. The van der Waals surface area contributed by atoms with Crippen LogP contribution >= 0.6 is 0 Å². The average Bonchev–Trinajstić information content (AvgIpc) is 3.06. The number of aliphatic hydroxyl groups is 2. The van der Waals surface area contributed by atoms with Gasteiger partial charge in [-0.05, 0) is 104 Å². The standard InChI is InChI=1S/C26H44O4/c1-15(6-9-23(29)30-5)19-7-8-20-24-16(2)12-17-13-18(27)10-11-25(17,3)21(24)14-22(28)26(19,20)4/h15-22,24,27-28H,6-14H2,1-5H3/t15?,16?,17?,18?,19-,20?,21?,22?,24?,25+,26-/m1/s1. The quantitative estimate of drug-likeness (QED) is 0.640. The number of esters is 1. The molecule has 0 amide bonds.